The van der Waals surface area contributed by atoms with Gasteiger partial charge in [0.1, 0.15) is 0 Å². The van der Waals surface area contributed by atoms with Gasteiger partial charge in [-0.3, -0.25) is 0 Å². The summed E-state index contributed by atoms with van der Waals surface area (Å²) in [7, 11) is 0. The van der Waals surface area contributed by atoms with Crippen LogP contribution in [0, 0.1) is 6.92 Å². The number of benzene rings is 1. The molecule has 0 atom stereocenters. The quantitative estimate of drug-likeness (QED) is 0.721. The molecule has 0 aliphatic carbocycles. The number of rotatable bonds is 2. The highest BCUT2D eigenvalue weighted by Crippen LogP contribution is 2.33. The number of hydrogen-bond acceptors (Lipinski definition) is 2. The van der Waals surface area contributed by atoms with Gasteiger partial charge in [-0.15, -0.1) is 0 Å². The molecule has 4 heteroatoms. The minimum Gasteiger partial charge on any atom is -0.441 e. The van der Waals surface area contributed by atoms with Crippen LogP contribution in [-0.4, -0.2) is 9.97 Å². The van der Waals surface area contributed by atoms with Crippen LogP contribution in [0.25, 0.3) is 22.2 Å². The maximum atomic E-state index is 6.33. The minimum atomic E-state index is 0.460. The zero-order chi connectivity index (χ0) is 13.6. The van der Waals surface area contributed by atoms with E-state index < -0.39 is 0 Å². The van der Waals surface area contributed by atoms with Gasteiger partial charge in [0.25, 0.3) is 0 Å². The third-order valence-electron chi connectivity index (χ3n) is 3.24. The van der Waals surface area contributed by atoms with E-state index in [9.17, 15) is 0 Å². The number of oxazole rings is 1. The fourth-order valence-corrected chi connectivity index (χ4v) is 2.43. The zero-order valence-corrected chi connectivity index (χ0v) is 11.9. The summed E-state index contributed by atoms with van der Waals surface area (Å²) in [6.45, 7) is 6.14. The van der Waals surface area contributed by atoms with Gasteiger partial charge in [0.15, 0.2) is 11.7 Å². The largest absolute Gasteiger partial charge is 0.441 e. The van der Waals surface area contributed by atoms with Crippen LogP contribution in [0.4, 0.5) is 0 Å². The Balaban J connectivity index is 2.18. The molecule has 0 fully saturated rings. The lowest BCUT2D eigenvalue weighted by Gasteiger charge is -2.01. The summed E-state index contributed by atoms with van der Waals surface area (Å²) in [6.07, 6.45) is 1.70. The summed E-state index contributed by atoms with van der Waals surface area (Å²) >= 11 is 6.33. The molecule has 0 bridgehead atoms. The molecule has 0 saturated heterocycles. The lowest BCUT2D eigenvalue weighted by molar-refractivity contribution is 0.534. The summed E-state index contributed by atoms with van der Waals surface area (Å²) in [5.74, 6) is 1.80. The topological polar surface area (TPSA) is 41.8 Å². The van der Waals surface area contributed by atoms with Crippen LogP contribution in [0.3, 0.4) is 0 Å². The zero-order valence-electron chi connectivity index (χ0n) is 11.1. The fourth-order valence-electron chi connectivity index (χ4n) is 2.16. The fraction of sp³-hybridized carbons (Fsp3) is 0.267. The predicted molar refractivity (Wildman–Crippen MR) is 77.6 cm³/mol. The monoisotopic (exact) mass is 274 g/mol. The second-order valence-corrected chi connectivity index (χ2v) is 5.45. The molecule has 0 amide bonds. The third kappa shape index (κ3) is 2.15. The number of aryl methyl sites for hydroxylation is 1. The molecule has 0 unspecified atom stereocenters. The Hall–Kier alpha value is -1.74. The van der Waals surface area contributed by atoms with Crippen LogP contribution in [-0.2, 0) is 0 Å². The van der Waals surface area contributed by atoms with Crippen molar-refractivity contribution in [3.05, 3.63) is 41.0 Å². The molecule has 3 rings (SSSR count). The number of aromatic amines is 1. The molecule has 3 aromatic rings. The molecule has 0 spiro atoms. The van der Waals surface area contributed by atoms with Gasteiger partial charge in [0.05, 0.1) is 11.2 Å². The number of nitrogens with one attached hydrogen (secondary N) is 1. The second kappa shape index (κ2) is 4.42. The van der Waals surface area contributed by atoms with E-state index in [4.69, 9.17) is 16.0 Å². The number of H-pyrrole nitrogens is 1. The van der Waals surface area contributed by atoms with Gasteiger partial charge in [-0.25, -0.2) is 4.98 Å². The lowest BCUT2D eigenvalue weighted by Crippen LogP contribution is -1.84. The third-order valence-corrected chi connectivity index (χ3v) is 3.55. The van der Waals surface area contributed by atoms with Crippen LogP contribution >= 0.6 is 11.6 Å². The highest BCUT2D eigenvalue weighted by Gasteiger charge is 2.12. The van der Waals surface area contributed by atoms with Crippen molar-refractivity contribution < 1.29 is 4.42 Å². The van der Waals surface area contributed by atoms with Crippen molar-refractivity contribution in [1.82, 2.24) is 9.97 Å². The average molecular weight is 275 g/mol. The van der Waals surface area contributed by atoms with Crippen LogP contribution in [0.2, 0.25) is 5.02 Å². The summed E-state index contributed by atoms with van der Waals surface area (Å²) in [5, 5.41) is 1.80. The van der Waals surface area contributed by atoms with Crippen LogP contribution in [0.15, 0.2) is 28.8 Å². The molecule has 0 radical (unpaired) electrons. The Kier molecular flexibility index (Phi) is 2.86. The Morgan fingerprint density at radius 3 is 2.68 bits per heavy atom. The average Bonchev–Trinajstić information content (AvgIpc) is 2.93. The predicted octanol–water partition coefficient (Wildman–Crippen LogP) is 4.91. The molecular formula is C15H15ClN2O. The molecule has 1 N–H and O–H groups in total. The number of hydrogen-bond donors (Lipinski definition) is 1. The Bertz CT molecular complexity index is 740. The molecule has 1 aromatic carbocycles. The molecule has 0 aliphatic heterocycles. The second-order valence-electron chi connectivity index (χ2n) is 5.04. The van der Waals surface area contributed by atoms with Gasteiger partial charge in [-0.2, -0.15) is 0 Å². The van der Waals surface area contributed by atoms with Crippen molar-refractivity contribution >= 4 is 22.5 Å². The van der Waals surface area contributed by atoms with Gasteiger partial charge in [0, 0.05) is 29.1 Å². The highest BCUT2D eigenvalue weighted by molar-refractivity contribution is 6.34. The van der Waals surface area contributed by atoms with E-state index >= 15 is 0 Å². The van der Waals surface area contributed by atoms with E-state index in [0.717, 1.165) is 16.5 Å². The molecule has 98 valence electrons. The molecule has 0 aliphatic rings. The highest BCUT2D eigenvalue weighted by atomic mass is 35.5. The Morgan fingerprint density at radius 1 is 1.26 bits per heavy atom. The van der Waals surface area contributed by atoms with Gasteiger partial charge in [-0.1, -0.05) is 25.4 Å². The number of aromatic nitrogens is 2. The van der Waals surface area contributed by atoms with Crippen molar-refractivity contribution in [3.63, 3.8) is 0 Å². The SMILES string of the molecule is Cc1ncc(-c2cc3[nH]c(C(C)C)cc3cc2Cl)o1. The lowest BCUT2D eigenvalue weighted by atomic mass is 10.1. The molecule has 2 aromatic heterocycles. The number of halogens is 1. The van der Waals surface area contributed by atoms with Crippen molar-refractivity contribution in [2.24, 2.45) is 0 Å². The van der Waals surface area contributed by atoms with E-state index in [-0.39, 0.29) is 0 Å². The smallest absolute Gasteiger partial charge is 0.191 e. The van der Waals surface area contributed by atoms with Crippen molar-refractivity contribution in [1.29, 1.82) is 0 Å². The first-order valence-electron chi connectivity index (χ1n) is 6.29. The summed E-state index contributed by atoms with van der Waals surface area (Å²) in [5.41, 5.74) is 3.14. The van der Waals surface area contributed by atoms with Crippen molar-refractivity contribution in [3.8, 4) is 11.3 Å². The molecule has 0 saturated carbocycles. The van der Waals surface area contributed by atoms with Crippen molar-refractivity contribution in [2.75, 3.05) is 0 Å². The first kappa shape index (κ1) is 12.3. The maximum Gasteiger partial charge on any atom is 0.191 e. The maximum absolute atomic E-state index is 6.33. The molecule has 19 heavy (non-hydrogen) atoms. The summed E-state index contributed by atoms with van der Waals surface area (Å²) in [4.78, 5) is 7.53. The number of nitrogens with zero attached hydrogens (tertiary/aromatic N) is 1. The van der Waals surface area contributed by atoms with Gasteiger partial charge < -0.3 is 9.40 Å². The van der Waals surface area contributed by atoms with E-state index in [2.05, 4.69) is 29.9 Å². The Labute approximate surface area is 116 Å². The minimum absolute atomic E-state index is 0.460. The number of fused-ring (bicyclic) bond motifs is 1. The molecule has 2 heterocycles. The molecule has 3 nitrogen and oxygen atoms in total. The van der Waals surface area contributed by atoms with Crippen LogP contribution < -0.4 is 0 Å². The van der Waals surface area contributed by atoms with Gasteiger partial charge >= 0.3 is 0 Å². The van der Waals surface area contributed by atoms with E-state index in [1.807, 2.05) is 19.1 Å². The van der Waals surface area contributed by atoms with Crippen molar-refractivity contribution in [2.45, 2.75) is 26.7 Å². The standard InChI is InChI=1S/C15H15ClN2O/c1-8(2)13-5-10-4-12(16)11(6-14(10)18-13)15-7-17-9(3)19-15/h4-8,18H,1-3H3. The first-order valence-corrected chi connectivity index (χ1v) is 6.67. The molecular weight excluding hydrogens is 260 g/mol. The van der Waals surface area contributed by atoms with Gasteiger partial charge in [0.2, 0.25) is 0 Å². The van der Waals surface area contributed by atoms with E-state index in [1.165, 1.54) is 5.69 Å². The Morgan fingerprint density at radius 2 is 2.05 bits per heavy atom. The van der Waals surface area contributed by atoms with Crippen LogP contribution in [0.1, 0.15) is 31.4 Å². The van der Waals surface area contributed by atoms with Gasteiger partial charge in [-0.05, 0) is 24.1 Å². The van der Waals surface area contributed by atoms with E-state index in [1.54, 1.807) is 6.20 Å². The van der Waals surface area contributed by atoms with Crippen LogP contribution in [0.5, 0.6) is 0 Å². The summed E-state index contributed by atoms with van der Waals surface area (Å²) < 4.78 is 5.54. The first-order chi connectivity index (χ1) is 9.04. The summed E-state index contributed by atoms with van der Waals surface area (Å²) in [6, 6.07) is 6.12. The normalized spacial score (nSPS) is 11.6. The van der Waals surface area contributed by atoms with E-state index in [0.29, 0.717) is 22.6 Å².